The first-order chi connectivity index (χ1) is 10.6. The average Bonchev–Trinajstić information content (AvgIpc) is 2.49. The minimum Gasteiger partial charge on any atom is -0.492 e. The van der Waals surface area contributed by atoms with Crippen LogP contribution >= 0.6 is 0 Å². The van der Waals surface area contributed by atoms with Gasteiger partial charge in [-0.25, -0.2) is 0 Å². The van der Waals surface area contributed by atoms with Crippen LogP contribution in [0.1, 0.15) is 24.2 Å². The van der Waals surface area contributed by atoms with Crippen LogP contribution in [0.4, 0.5) is 11.4 Å². The number of rotatable bonds is 5. The second kappa shape index (κ2) is 7.26. The zero-order valence-corrected chi connectivity index (χ0v) is 12.6. The van der Waals surface area contributed by atoms with Crippen LogP contribution in [-0.4, -0.2) is 18.4 Å². The quantitative estimate of drug-likeness (QED) is 0.890. The second-order valence-electron chi connectivity index (χ2n) is 4.64. The molecule has 0 saturated heterocycles. The molecular weight excluding hydrogens is 280 g/mol. The van der Waals surface area contributed by atoms with Crippen LogP contribution in [-0.2, 0) is 4.79 Å². The molecule has 0 heterocycles. The number of carbonyl (C=O) groups is 2. The molecular formula is C17H18N2O3. The van der Waals surface area contributed by atoms with E-state index in [4.69, 9.17) is 4.74 Å². The summed E-state index contributed by atoms with van der Waals surface area (Å²) in [4.78, 5) is 23.2. The van der Waals surface area contributed by atoms with Gasteiger partial charge in [0.2, 0.25) is 5.91 Å². The van der Waals surface area contributed by atoms with Gasteiger partial charge < -0.3 is 15.4 Å². The molecule has 0 aliphatic heterocycles. The SMILES string of the molecule is CCOc1ccccc1NC(=O)c1ccc(NC(C)=O)cc1. The van der Waals surface area contributed by atoms with Crippen molar-refractivity contribution in [2.45, 2.75) is 13.8 Å². The van der Waals surface area contributed by atoms with Crippen LogP contribution in [0.5, 0.6) is 5.75 Å². The summed E-state index contributed by atoms with van der Waals surface area (Å²) in [6.45, 7) is 3.85. The number of ether oxygens (including phenoxy) is 1. The third kappa shape index (κ3) is 4.09. The fraction of sp³-hybridized carbons (Fsp3) is 0.176. The zero-order valence-electron chi connectivity index (χ0n) is 12.6. The average molecular weight is 298 g/mol. The maximum Gasteiger partial charge on any atom is 0.255 e. The van der Waals surface area contributed by atoms with Gasteiger partial charge in [0.25, 0.3) is 5.91 Å². The number of benzene rings is 2. The highest BCUT2D eigenvalue weighted by Gasteiger charge is 2.09. The minimum atomic E-state index is -0.235. The van der Waals surface area contributed by atoms with Crippen molar-refractivity contribution in [3.8, 4) is 5.75 Å². The Bertz CT molecular complexity index is 666. The molecule has 0 bridgehead atoms. The highest BCUT2D eigenvalue weighted by molar-refractivity contribution is 6.05. The van der Waals surface area contributed by atoms with Crippen molar-refractivity contribution in [3.63, 3.8) is 0 Å². The Morgan fingerprint density at radius 3 is 2.32 bits per heavy atom. The van der Waals surface area contributed by atoms with E-state index in [1.165, 1.54) is 6.92 Å². The van der Waals surface area contributed by atoms with Gasteiger partial charge in [-0.1, -0.05) is 12.1 Å². The Kier molecular flexibility index (Phi) is 5.14. The summed E-state index contributed by atoms with van der Waals surface area (Å²) < 4.78 is 5.47. The van der Waals surface area contributed by atoms with Crippen molar-refractivity contribution in [2.24, 2.45) is 0 Å². The second-order valence-corrected chi connectivity index (χ2v) is 4.64. The Morgan fingerprint density at radius 2 is 1.68 bits per heavy atom. The van der Waals surface area contributed by atoms with Crippen LogP contribution in [0.2, 0.25) is 0 Å². The molecule has 2 aromatic carbocycles. The first kappa shape index (κ1) is 15.6. The van der Waals surface area contributed by atoms with E-state index < -0.39 is 0 Å². The Labute approximate surface area is 129 Å². The number of hydrogen-bond donors (Lipinski definition) is 2. The van der Waals surface area contributed by atoms with E-state index in [-0.39, 0.29) is 11.8 Å². The molecule has 0 aliphatic rings. The van der Waals surface area contributed by atoms with Gasteiger partial charge in [-0.15, -0.1) is 0 Å². The normalized spacial score (nSPS) is 9.91. The van der Waals surface area contributed by atoms with Crippen LogP contribution in [0, 0.1) is 0 Å². The zero-order chi connectivity index (χ0) is 15.9. The summed E-state index contributed by atoms with van der Waals surface area (Å²) in [6.07, 6.45) is 0. The van der Waals surface area contributed by atoms with Crippen LogP contribution < -0.4 is 15.4 Å². The van der Waals surface area contributed by atoms with Gasteiger partial charge in [0.1, 0.15) is 5.75 Å². The van der Waals surface area contributed by atoms with Crippen molar-refractivity contribution >= 4 is 23.2 Å². The Morgan fingerprint density at radius 1 is 1.00 bits per heavy atom. The van der Waals surface area contributed by atoms with Crippen LogP contribution in [0.3, 0.4) is 0 Å². The van der Waals surface area contributed by atoms with Gasteiger partial charge in [-0.3, -0.25) is 9.59 Å². The summed E-state index contributed by atoms with van der Waals surface area (Å²) in [5, 5.41) is 5.48. The molecule has 0 unspecified atom stereocenters. The lowest BCUT2D eigenvalue weighted by Crippen LogP contribution is -2.13. The molecule has 5 heteroatoms. The molecule has 2 N–H and O–H groups in total. The summed E-state index contributed by atoms with van der Waals surface area (Å²) in [6, 6.07) is 14.0. The molecule has 0 spiro atoms. The molecule has 0 atom stereocenters. The topological polar surface area (TPSA) is 67.4 Å². The molecule has 2 rings (SSSR count). The van der Waals surface area contributed by atoms with Crippen molar-refractivity contribution in [1.29, 1.82) is 0 Å². The van der Waals surface area contributed by atoms with E-state index in [9.17, 15) is 9.59 Å². The van der Waals surface area contributed by atoms with Crippen molar-refractivity contribution in [3.05, 3.63) is 54.1 Å². The lowest BCUT2D eigenvalue weighted by molar-refractivity contribution is -0.114. The highest BCUT2D eigenvalue weighted by atomic mass is 16.5. The maximum absolute atomic E-state index is 12.3. The number of amides is 2. The molecule has 0 aliphatic carbocycles. The number of hydrogen-bond acceptors (Lipinski definition) is 3. The predicted octanol–water partition coefficient (Wildman–Crippen LogP) is 3.30. The van der Waals surface area contributed by atoms with Crippen LogP contribution in [0.15, 0.2) is 48.5 Å². The molecule has 0 saturated carbocycles. The number of nitrogens with one attached hydrogen (secondary N) is 2. The summed E-state index contributed by atoms with van der Waals surface area (Å²) in [7, 11) is 0. The van der Waals surface area contributed by atoms with E-state index in [2.05, 4.69) is 10.6 Å². The Hall–Kier alpha value is -2.82. The summed E-state index contributed by atoms with van der Waals surface area (Å²) in [5.74, 6) is 0.248. The van der Waals surface area contributed by atoms with E-state index >= 15 is 0 Å². The van der Waals surface area contributed by atoms with E-state index in [1.807, 2.05) is 19.1 Å². The van der Waals surface area contributed by atoms with Crippen molar-refractivity contribution in [1.82, 2.24) is 0 Å². The van der Waals surface area contributed by atoms with Gasteiger partial charge in [0.15, 0.2) is 0 Å². The fourth-order valence-corrected chi connectivity index (χ4v) is 1.95. The lowest BCUT2D eigenvalue weighted by atomic mass is 10.2. The van der Waals surface area contributed by atoms with Crippen molar-refractivity contribution in [2.75, 3.05) is 17.2 Å². The number of anilines is 2. The van der Waals surface area contributed by atoms with Gasteiger partial charge in [-0.2, -0.15) is 0 Å². The molecule has 0 fully saturated rings. The molecule has 2 amide bonds. The first-order valence-electron chi connectivity index (χ1n) is 7.01. The van der Waals surface area contributed by atoms with Gasteiger partial charge in [-0.05, 0) is 43.3 Å². The predicted molar refractivity (Wildman–Crippen MR) is 86.3 cm³/mol. The van der Waals surface area contributed by atoms with Gasteiger partial charge in [0, 0.05) is 18.2 Å². The van der Waals surface area contributed by atoms with E-state index in [0.29, 0.717) is 29.3 Å². The molecule has 2 aromatic rings. The molecule has 0 radical (unpaired) electrons. The molecule has 114 valence electrons. The number of para-hydroxylation sites is 2. The molecule has 5 nitrogen and oxygen atoms in total. The minimum absolute atomic E-state index is 0.150. The van der Waals surface area contributed by atoms with Gasteiger partial charge in [0.05, 0.1) is 12.3 Å². The fourth-order valence-electron chi connectivity index (χ4n) is 1.95. The monoisotopic (exact) mass is 298 g/mol. The van der Waals surface area contributed by atoms with Crippen molar-refractivity contribution < 1.29 is 14.3 Å². The first-order valence-corrected chi connectivity index (χ1v) is 7.01. The standard InChI is InChI=1S/C17H18N2O3/c1-3-22-16-7-5-4-6-15(16)19-17(21)13-8-10-14(11-9-13)18-12(2)20/h4-11H,3H2,1-2H3,(H,18,20)(H,19,21). The highest BCUT2D eigenvalue weighted by Crippen LogP contribution is 2.24. The van der Waals surface area contributed by atoms with E-state index in [0.717, 1.165) is 0 Å². The maximum atomic E-state index is 12.3. The third-order valence-corrected chi connectivity index (χ3v) is 2.90. The third-order valence-electron chi connectivity index (χ3n) is 2.90. The smallest absolute Gasteiger partial charge is 0.255 e. The van der Waals surface area contributed by atoms with Gasteiger partial charge >= 0.3 is 0 Å². The largest absolute Gasteiger partial charge is 0.492 e. The Balaban J connectivity index is 2.10. The summed E-state index contributed by atoms with van der Waals surface area (Å²) in [5.41, 5.74) is 1.78. The lowest BCUT2D eigenvalue weighted by Gasteiger charge is -2.11. The molecule has 0 aromatic heterocycles. The summed E-state index contributed by atoms with van der Waals surface area (Å²) >= 11 is 0. The van der Waals surface area contributed by atoms with Crippen LogP contribution in [0.25, 0.3) is 0 Å². The molecule has 22 heavy (non-hydrogen) atoms. The number of carbonyl (C=O) groups excluding carboxylic acids is 2. The van der Waals surface area contributed by atoms with E-state index in [1.54, 1.807) is 36.4 Å².